The molecule has 9 nitrogen and oxygen atoms in total. The predicted molar refractivity (Wildman–Crippen MR) is 115 cm³/mol. The van der Waals surface area contributed by atoms with Crippen molar-refractivity contribution in [3.63, 3.8) is 0 Å². The van der Waals surface area contributed by atoms with Crippen molar-refractivity contribution in [2.24, 2.45) is 0 Å². The van der Waals surface area contributed by atoms with Gasteiger partial charge in [-0.2, -0.15) is 5.10 Å². The summed E-state index contributed by atoms with van der Waals surface area (Å²) in [5.74, 6) is 1.47. The number of ether oxygens (including phenoxy) is 3. The molecule has 2 aromatic carbocycles. The summed E-state index contributed by atoms with van der Waals surface area (Å²) in [6.07, 6.45) is 4.26. The molecular formula is C22H22N4O5. The molecule has 4 aromatic rings. The van der Waals surface area contributed by atoms with Gasteiger partial charge in [-0.3, -0.25) is 9.89 Å². The smallest absolute Gasteiger partial charge is 0.305 e. The van der Waals surface area contributed by atoms with Crippen LogP contribution in [-0.4, -0.2) is 42.0 Å². The Hall–Kier alpha value is -4.01. The topological polar surface area (TPSA) is 112 Å². The van der Waals surface area contributed by atoms with Crippen LogP contribution in [0.15, 0.2) is 53.2 Å². The van der Waals surface area contributed by atoms with Crippen LogP contribution in [0.1, 0.15) is 12.8 Å². The summed E-state index contributed by atoms with van der Waals surface area (Å²) >= 11 is 0. The predicted octanol–water partition coefficient (Wildman–Crippen LogP) is 4.30. The molecule has 0 bridgehead atoms. The third-order valence-electron chi connectivity index (χ3n) is 4.66. The van der Waals surface area contributed by atoms with E-state index in [-0.39, 0.29) is 5.97 Å². The second-order valence-corrected chi connectivity index (χ2v) is 6.72. The first-order valence-corrected chi connectivity index (χ1v) is 9.70. The van der Waals surface area contributed by atoms with Crippen LogP contribution in [0, 0.1) is 0 Å². The van der Waals surface area contributed by atoms with Gasteiger partial charge in [0.1, 0.15) is 0 Å². The van der Waals surface area contributed by atoms with Gasteiger partial charge in [-0.05, 0) is 42.8 Å². The van der Waals surface area contributed by atoms with Gasteiger partial charge >= 0.3 is 5.97 Å². The van der Waals surface area contributed by atoms with E-state index < -0.39 is 0 Å². The molecule has 0 aliphatic carbocycles. The second kappa shape index (κ2) is 9.21. The van der Waals surface area contributed by atoms with E-state index in [1.807, 2.05) is 30.3 Å². The maximum atomic E-state index is 11.2. The Morgan fingerprint density at radius 2 is 2.03 bits per heavy atom. The molecule has 0 unspecified atom stereocenters. The number of anilines is 2. The Morgan fingerprint density at radius 1 is 1.13 bits per heavy atom. The first-order chi connectivity index (χ1) is 15.2. The maximum Gasteiger partial charge on any atom is 0.305 e. The molecule has 0 spiro atoms. The van der Waals surface area contributed by atoms with Crippen molar-refractivity contribution in [1.29, 1.82) is 0 Å². The number of hydrogen-bond donors (Lipinski definition) is 2. The molecule has 0 aliphatic heterocycles. The minimum absolute atomic E-state index is 0.259. The van der Waals surface area contributed by atoms with E-state index in [4.69, 9.17) is 13.9 Å². The molecule has 2 N–H and O–H groups in total. The molecule has 9 heteroatoms. The van der Waals surface area contributed by atoms with Gasteiger partial charge in [0.2, 0.25) is 0 Å². The first-order valence-electron chi connectivity index (χ1n) is 9.70. The van der Waals surface area contributed by atoms with Crippen LogP contribution in [0.3, 0.4) is 0 Å². The van der Waals surface area contributed by atoms with Gasteiger partial charge in [-0.25, -0.2) is 4.98 Å². The number of hydrogen-bond acceptors (Lipinski definition) is 8. The number of aromatic nitrogens is 3. The van der Waals surface area contributed by atoms with Crippen molar-refractivity contribution in [2.45, 2.75) is 12.8 Å². The van der Waals surface area contributed by atoms with Gasteiger partial charge in [-0.15, -0.1) is 0 Å². The summed E-state index contributed by atoms with van der Waals surface area (Å²) in [7, 11) is 2.94. The summed E-state index contributed by atoms with van der Waals surface area (Å²) in [5.41, 5.74) is 2.60. The van der Waals surface area contributed by atoms with Gasteiger partial charge < -0.3 is 23.9 Å². The van der Waals surface area contributed by atoms with Crippen LogP contribution in [0.2, 0.25) is 0 Å². The Bertz CT molecular complexity index is 1180. The molecule has 0 atom stereocenters. The highest BCUT2D eigenvalue weighted by molar-refractivity contribution is 5.82. The Morgan fingerprint density at radius 3 is 2.87 bits per heavy atom. The van der Waals surface area contributed by atoms with Crippen LogP contribution in [0.25, 0.3) is 22.2 Å². The van der Waals surface area contributed by atoms with Crippen LogP contribution >= 0.6 is 0 Å². The van der Waals surface area contributed by atoms with E-state index in [0.717, 1.165) is 22.2 Å². The summed E-state index contributed by atoms with van der Waals surface area (Å²) in [5, 5.41) is 11.1. The fraction of sp³-hybridized carbons (Fsp3) is 0.227. The van der Waals surface area contributed by atoms with Crippen molar-refractivity contribution in [2.75, 3.05) is 26.1 Å². The molecule has 31 heavy (non-hydrogen) atoms. The fourth-order valence-corrected chi connectivity index (χ4v) is 3.05. The highest BCUT2D eigenvalue weighted by Gasteiger charge is 2.12. The van der Waals surface area contributed by atoms with Gasteiger partial charge in [0, 0.05) is 23.1 Å². The zero-order valence-corrected chi connectivity index (χ0v) is 17.2. The van der Waals surface area contributed by atoms with Gasteiger partial charge in [0.25, 0.3) is 6.01 Å². The van der Waals surface area contributed by atoms with E-state index in [1.165, 1.54) is 7.11 Å². The average Bonchev–Trinajstić information content (AvgIpc) is 3.45. The number of esters is 1. The highest BCUT2D eigenvalue weighted by Crippen LogP contribution is 2.34. The van der Waals surface area contributed by atoms with Crippen LogP contribution in [-0.2, 0) is 9.53 Å². The molecule has 2 heterocycles. The van der Waals surface area contributed by atoms with Crippen molar-refractivity contribution < 1.29 is 23.4 Å². The quantitative estimate of drug-likeness (QED) is 0.303. The molecule has 0 saturated carbocycles. The number of nitrogens with zero attached hydrogens (tertiary/aromatic N) is 2. The zero-order valence-electron chi connectivity index (χ0n) is 17.2. The number of nitrogens with one attached hydrogen (secondary N) is 2. The Kier molecular flexibility index (Phi) is 6.02. The van der Waals surface area contributed by atoms with Crippen molar-refractivity contribution in [3.05, 3.63) is 48.8 Å². The standard InChI is InChI=1S/C22H22N4O5/c1-28-19-11-14(5-8-18(19)30-9-3-4-21(27)29-2)20-13-23-22(31-20)25-16-6-7-17-15(10-16)12-24-26-17/h5-8,10-13H,3-4,9H2,1-2H3,(H,23,25)(H,24,26). The van der Waals surface area contributed by atoms with Crippen molar-refractivity contribution >= 4 is 28.6 Å². The van der Waals surface area contributed by atoms with E-state index in [1.54, 1.807) is 25.6 Å². The molecule has 0 radical (unpaired) electrons. The second-order valence-electron chi connectivity index (χ2n) is 6.72. The van der Waals surface area contributed by atoms with E-state index in [2.05, 4.69) is 25.2 Å². The van der Waals surface area contributed by atoms with Crippen molar-refractivity contribution in [3.8, 4) is 22.8 Å². The van der Waals surface area contributed by atoms with Gasteiger partial charge in [0.15, 0.2) is 17.3 Å². The molecule has 160 valence electrons. The largest absolute Gasteiger partial charge is 0.493 e. The highest BCUT2D eigenvalue weighted by atomic mass is 16.5. The number of aromatic amines is 1. The number of fused-ring (bicyclic) bond motifs is 1. The Labute approximate surface area is 178 Å². The summed E-state index contributed by atoms with van der Waals surface area (Å²) in [6.45, 7) is 0.377. The zero-order chi connectivity index (χ0) is 21.6. The van der Waals surface area contributed by atoms with Crippen LogP contribution < -0.4 is 14.8 Å². The minimum Gasteiger partial charge on any atom is -0.493 e. The lowest BCUT2D eigenvalue weighted by Gasteiger charge is -2.11. The lowest BCUT2D eigenvalue weighted by atomic mass is 10.1. The lowest BCUT2D eigenvalue weighted by Crippen LogP contribution is -2.05. The third kappa shape index (κ3) is 4.77. The van der Waals surface area contributed by atoms with E-state index in [0.29, 0.717) is 42.7 Å². The normalized spacial score (nSPS) is 10.8. The van der Waals surface area contributed by atoms with E-state index in [9.17, 15) is 4.79 Å². The van der Waals surface area contributed by atoms with Crippen molar-refractivity contribution in [1.82, 2.24) is 15.2 Å². The summed E-state index contributed by atoms with van der Waals surface area (Å²) in [6, 6.07) is 11.7. The minimum atomic E-state index is -0.259. The lowest BCUT2D eigenvalue weighted by molar-refractivity contribution is -0.140. The van der Waals surface area contributed by atoms with E-state index >= 15 is 0 Å². The van der Waals surface area contributed by atoms with Crippen LogP contribution in [0.5, 0.6) is 11.5 Å². The Balaban J connectivity index is 1.43. The fourth-order valence-electron chi connectivity index (χ4n) is 3.05. The molecule has 0 fully saturated rings. The molecule has 4 rings (SSSR count). The van der Waals surface area contributed by atoms with Crippen LogP contribution in [0.4, 0.5) is 11.7 Å². The summed E-state index contributed by atoms with van der Waals surface area (Å²) < 4.78 is 21.6. The number of oxazole rings is 1. The number of methoxy groups -OCH3 is 2. The molecule has 0 amide bonds. The van der Waals surface area contributed by atoms with Gasteiger partial charge in [0.05, 0.1) is 38.7 Å². The number of H-pyrrole nitrogens is 1. The molecular weight excluding hydrogens is 400 g/mol. The number of benzene rings is 2. The number of carbonyl (C=O) groups excluding carboxylic acids is 1. The SMILES string of the molecule is COC(=O)CCCOc1ccc(-c2cnc(Nc3ccc4[nH]ncc4c3)o2)cc1OC. The first kappa shape index (κ1) is 20.3. The molecule has 0 saturated heterocycles. The maximum absolute atomic E-state index is 11.2. The molecule has 2 aromatic heterocycles. The molecule has 0 aliphatic rings. The number of carbonyl (C=O) groups is 1. The summed E-state index contributed by atoms with van der Waals surface area (Å²) in [4.78, 5) is 15.5. The van der Waals surface area contributed by atoms with Gasteiger partial charge in [-0.1, -0.05) is 0 Å². The monoisotopic (exact) mass is 422 g/mol. The third-order valence-corrected chi connectivity index (χ3v) is 4.66. The number of rotatable bonds is 9. The average molecular weight is 422 g/mol.